The summed E-state index contributed by atoms with van der Waals surface area (Å²) in [5.41, 5.74) is 1.49. The second kappa shape index (κ2) is 7.49. The lowest BCUT2D eigenvalue weighted by atomic mass is 10.0. The molecule has 5 nitrogen and oxygen atoms in total. The molecule has 1 heterocycles. The fraction of sp³-hybridized carbons (Fsp3) is 0.211. The van der Waals surface area contributed by atoms with Crippen molar-refractivity contribution in [2.75, 3.05) is 0 Å². The summed E-state index contributed by atoms with van der Waals surface area (Å²) in [6.45, 7) is 2.05. The normalized spacial score (nSPS) is 12.1. The van der Waals surface area contributed by atoms with Crippen LogP contribution in [-0.2, 0) is 11.3 Å². The van der Waals surface area contributed by atoms with Crippen LogP contribution in [0.25, 0.3) is 10.9 Å². The van der Waals surface area contributed by atoms with Crippen LogP contribution in [0.3, 0.4) is 0 Å². The third-order valence-electron chi connectivity index (χ3n) is 4.07. The minimum absolute atomic E-state index is 0.0465. The zero-order chi connectivity index (χ0) is 17.8. The summed E-state index contributed by atoms with van der Waals surface area (Å²) in [5.74, 6) is -0.164. The molecule has 0 spiro atoms. The number of aromatic nitrogens is 2. The van der Waals surface area contributed by atoms with E-state index in [0.717, 1.165) is 12.0 Å². The number of amides is 1. The summed E-state index contributed by atoms with van der Waals surface area (Å²) < 4.78 is 1.54. The molecule has 0 aliphatic heterocycles. The van der Waals surface area contributed by atoms with Gasteiger partial charge in [0.1, 0.15) is 6.54 Å². The number of fused-ring (bicyclic) bond motifs is 1. The van der Waals surface area contributed by atoms with E-state index >= 15 is 0 Å². The Labute approximate surface area is 150 Å². The van der Waals surface area contributed by atoms with Gasteiger partial charge in [0.15, 0.2) is 0 Å². The molecular weight excluding hydrogens is 338 g/mol. The summed E-state index contributed by atoms with van der Waals surface area (Å²) in [6.07, 6.45) is 2.00. The lowest BCUT2D eigenvalue weighted by Gasteiger charge is -2.18. The SMILES string of the molecule is CCC(NC(=O)Cn1ncc(=O)c2ccccc21)c1ccc(Cl)cc1. The molecule has 1 atom stereocenters. The van der Waals surface area contributed by atoms with E-state index in [9.17, 15) is 9.59 Å². The molecule has 0 saturated heterocycles. The molecule has 0 aliphatic carbocycles. The Hall–Kier alpha value is -2.66. The van der Waals surface area contributed by atoms with Crippen molar-refractivity contribution in [2.45, 2.75) is 25.9 Å². The summed E-state index contributed by atoms with van der Waals surface area (Å²) in [7, 11) is 0. The number of rotatable bonds is 5. The standard InChI is InChI=1S/C19H18ClN3O2/c1-2-16(13-7-9-14(20)10-8-13)22-19(25)12-23-17-6-4-3-5-15(17)18(24)11-21-23/h3-11,16H,2,12H2,1H3,(H,22,25). The number of hydrogen-bond donors (Lipinski definition) is 1. The number of carbonyl (C=O) groups is 1. The first-order valence-corrected chi connectivity index (χ1v) is 8.46. The fourth-order valence-corrected chi connectivity index (χ4v) is 2.91. The highest BCUT2D eigenvalue weighted by Gasteiger charge is 2.14. The van der Waals surface area contributed by atoms with Crippen LogP contribution < -0.4 is 10.7 Å². The van der Waals surface area contributed by atoms with Crippen molar-refractivity contribution in [1.29, 1.82) is 0 Å². The van der Waals surface area contributed by atoms with E-state index in [0.29, 0.717) is 15.9 Å². The number of nitrogens with zero attached hydrogens (tertiary/aromatic N) is 2. The van der Waals surface area contributed by atoms with E-state index in [1.807, 2.05) is 37.3 Å². The molecule has 3 rings (SSSR count). The Morgan fingerprint density at radius 3 is 2.64 bits per heavy atom. The minimum atomic E-state index is -0.164. The summed E-state index contributed by atoms with van der Waals surface area (Å²) in [6, 6.07) is 14.5. The monoisotopic (exact) mass is 355 g/mol. The van der Waals surface area contributed by atoms with Crippen LogP contribution in [0, 0.1) is 0 Å². The van der Waals surface area contributed by atoms with Crippen LogP contribution in [0.15, 0.2) is 59.5 Å². The maximum Gasteiger partial charge on any atom is 0.242 e. The first-order valence-electron chi connectivity index (χ1n) is 8.08. The molecule has 1 N–H and O–H groups in total. The van der Waals surface area contributed by atoms with Crippen molar-refractivity contribution < 1.29 is 4.79 Å². The van der Waals surface area contributed by atoms with Crippen molar-refractivity contribution in [3.8, 4) is 0 Å². The van der Waals surface area contributed by atoms with Gasteiger partial charge < -0.3 is 5.32 Å². The number of benzene rings is 2. The molecule has 6 heteroatoms. The number of hydrogen-bond acceptors (Lipinski definition) is 3. The van der Waals surface area contributed by atoms with E-state index in [1.54, 1.807) is 22.9 Å². The Balaban J connectivity index is 1.79. The van der Waals surface area contributed by atoms with Crippen LogP contribution in [0.2, 0.25) is 5.02 Å². The van der Waals surface area contributed by atoms with Gasteiger partial charge in [0.2, 0.25) is 11.3 Å². The second-order valence-corrected chi connectivity index (χ2v) is 6.20. The molecule has 0 bridgehead atoms. The maximum atomic E-state index is 12.5. The molecule has 128 valence electrons. The van der Waals surface area contributed by atoms with Crippen LogP contribution >= 0.6 is 11.6 Å². The Kier molecular flexibility index (Phi) is 5.14. The first kappa shape index (κ1) is 17.2. The lowest BCUT2D eigenvalue weighted by molar-refractivity contribution is -0.122. The van der Waals surface area contributed by atoms with Gasteiger partial charge in [-0.1, -0.05) is 42.8 Å². The van der Waals surface area contributed by atoms with Gasteiger partial charge in [0.05, 0.1) is 17.8 Å². The second-order valence-electron chi connectivity index (χ2n) is 5.76. The lowest BCUT2D eigenvalue weighted by Crippen LogP contribution is -2.32. The topological polar surface area (TPSA) is 64.0 Å². The Morgan fingerprint density at radius 1 is 1.20 bits per heavy atom. The third kappa shape index (κ3) is 3.88. The number of halogens is 1. The predicted molar refractivity (Wildman–Crippen MR) is 98.6 cm³/mol. The quantitative estimate of drug-likeness (QED) is 0.763. The van der Waals surface area contributed by atoms with Gasteiger partial charge >= 0.3 is 0 Å². The molecule has 0 fully saturated rings. The van der Waals surface area contributed by atoms with Gasteiger partial charge in [-0.3, -0.25) is 14.3 Å². The van der Waals surface area contributed by atoms with Gasteiger partial charge in [-0.05, 0) is 36.2 Å². The van der Waals surface area contributed by atoms with Gasteiger partial charge in [0, 0.05) is 10.4 Å². The zero-order valence-electron chi connectivity index (χ0n) is 13.8. The van der Waals surface area contributed by atoms with Crippen LogP contribution in [-0.4, -0.2) is 15.7 Å². The van der Waals surface area contributed by atoms with Gasteiger partial charge in [-0.2, -0.15) is 5.10 Å². The molecule has 1 amide bonds. The molecule has 25 heavy (non-hydrogen) atoms. The largest absolute Gasteiger partial charge is 0.348 e. The average molecular weight is 356 g/mol. The maximum absolute atomic E-state index is 12.5. The van der Waals surface area contributed by atoms with Gasteiger partial charge in [-0.15, -0.1) is 0 Å². The third-order valence-corrected chi connectivity index (χ3v) is 4.32. The number of nitrogens with one attached hydrogen (secondary N) is 1. The molecular formula is C19H18ClN3O2. The van der Waals surface area contributed by atoms with Gasteiger partial charge in [-0.25, -0.2) is 0 Å². The molecule has 1 aromatic heterocycles. The minimum Gasteiger partial charge on any atom is -0.348 e. The van der Waals surface area contributed by atoms with Crippen LogP contribution in [0.1, 0.15) is 24.9 Å². The zero-order valence-corrected chi connectivity index (χ0v) is 14.5. The number of para-hydroxylation sites is 1. The van der Waals surface area contributed by atoms with E-state index in [2.05, 4.69) is 10.4 Å². The molecule has 1 unspecified atom stereocenters. The molecule has 0 radical (unpaired) electrons. The Morgan fingerprint density at radius 2 is 1.92 bits per heavy atom. The van der Waals surface area contributed by atoms with Crippen molar-refractivity contribution in [2.24, 2.45) is 0 Å². The molecule has 0 saturated carbocycles. The smallest absolute Gasteiger partial charge is 0.242 e. The highest BCUT2D eigenvalue weighted by atomic mass is 35.5. The van der Waals surface area contributed by atoms with Crippen LogP contribution in [0.5, 0.6) is 0 Å². The van der Waals surface area contributed by atoms with Crippen molar-refractivity contribution in [3.05, 3.63) is 75.5 Å². The van der Waals surface area contributed by atoms with Crippen LogP contribution in [0.4, 0.5) is 0 Å². The Bertz CT molecular complexity index is 951. The molecule has 0 aliphatic rings. The van der Waals surface area contributed by atoms with E-state index in [1.165, 1.54) is 6.20 Å². The molecule has 2 aromatic carbocycles. The van der Waals surface area contributed by atoms with Crippen molar-refractivity contribution >= 4 is 28.4 Å². The highest BCUT2D eigenvalue weighted by Crippen LogP contribution is 2.19. The highest BCUT2D eigenvalue weighted by molar-refractivity contribution is 6.30. The fourth-order valence-electron chi connectivity index (χ4n) is 2.78. The first-order chi connectivity index (χ1) is 12.1. The summed E-state index contributed by atoms with van der Waals surface area (Å²) in [4.78, 5) is 24.3. The van der Waals surface area contributed by atoms with E-state index < -0.39 is 0 Å². The van der Waals surface area contributed by atoms with E-state index in [-0.39, 0.29) is 23.9 Å². The van der Waals surface area contributed by atoms with E-state index in [4.69, 9.17) is 11.6 Å². The van der Waals surface area contributed by atoms with Gasteiger partial charge in [0.25, 0.3) is 0 Å². The summed E-state index contributed by atoms with van der Waals surface area (Å²) >= 11 is 5.92. The molecule has 3 aromatic rings. The number of carbonyl (C=O) groups excluding carboxylic acids is 1. The predicted octanol–water partition coefficient (Wildman–Crippen LogP) is 3.32. The van der Waals surface area contributed by atoms with Crippen molar-refractivity contribution in [1.82, 2.24) is 15.1 Å². The summed E-state index contributed by atoms with van der Waals surface area (Å²) in [5, 5.41) is 8.31. The average Bonchev–Trinajstić information content (AvgIpc) is 2.63. The van der Waals surface area contributed by atoms with Crippen molar-refractivity contribution in [3.63, 3.8) is 0 Å².